The first kappa shape index (κ1) is 13.3. The molecule has 0 radical (unpaired) electrons. The number of piperazine rings is 1. The van der Waals surface area contributed by atoms with Crippen LogP contribution in [0.1, 0.15) is 33.4 Å². The third kappa shape index (κ3) is 2.99. The number of nitrogens with zero attached hydrogens (tertiary/aromatic N) is 4. The summed E-state index contributed by atoms with van der Waals surface area (Å²) in [6.07, 6.45) is 0. The molecular formula is C14H24N4. The van der Waals surface area contributed by atoms with E-state index in [0.29, 0.717) is 0 Å². The van der Waals surface area contributed by atoms with E-state index in [0.717, 1.165) is 44.2 Å². The molecule has 1 aliphatic rings. The molecule has 0 unspecified atom stereocenters. The lowest BCUT2D eigenvalue weighted by Gasteiger charge is -2.34. The van der Waals surface area contributed by atoms with Crippen LogP contribution in [0.5, 0.6) is 0 Å². The molecule has 1 aromatic heterocycles. The topological polar surface area (TPSA) is 32.3 Å². The Morgan fingerprint density at radius 1 is 1.06 bits per heavy atom. The largest absolute Gasteiger partial charge is 0.353 e. The molecule has 0 saturated carbocycles. The van der Waals surface area contributed by atoms with E-state index in [-0.39, 0.29) is 5.41 Å². The van der Waals surface area contributed by atoms with E-state index in [9.17, 15) is 0 Å². The zero-order valence-electron chi connectivity index (χ0n) is 12.0. The molecule has 100 valence electrons. The Bertz CT molecular complexity index is 372. The van der Waals surface area contributed by atoms with Crippen molar-refractivity contribution in [3.8, 4) is 0 Å². The second-order valence-electron chi connectivity index (χ2n) is 5.95. The van der Waals surface area contributed by atoms with Crippen molar-refractivity contribution >= 4 is 5.82 Å². The molecule has 0 atom stereocenters. The van der Waals surface area contributed by atoms with Gasteiger partial charge in [-0.25, -0.2) is 0 Å². The monoisotopic (exact) mass is 248 g/mol. The summed E-state index contributed by atoms with van der Waals surface area (Å²) in [7, 11) is 0. The molecule has 0 N–H and O–H groups in total. The standard InChI is InChI=1S/C14H24N4/c1-5-17-8-10-18(11-9-17)13-7-6-12(15-16-13)14(2,3)4/h6-7H,5,8-11H2,1-4H3. The Labute approximate surface area is 110 Å². The second-order valence-corrected chi connectivity index (χ2v) is 5.95. The van der Waals surface area contributed by atoms with Crippen molar-refractivity contribution in [2.24, 2.45) is 0 Å². The lowest BCUT2D eigenvalue weighted by Crippen LogP contribution is -2.46. The van der Waals surface area contributed by atoms with Crippen molar-refractivity contribution in [1.82, 2.24) is 15.1 Å². The summed E-state index contributed by atoms with van der Waals surface area (Å²) in [6, 6.07) is 4.21. The third-order valence-corrected chi connectivity index (χ3v) is 3.56. The number of rotatable bonds is 2. The summed E-state index contributed by atoms with van der Waals surface area (Å²) >= 11 is 0. The van der Waals surface area contributed by atoms with Crippen LogP contribution in [-0.2, 0) is 5.41 Å². The molecular weight excluding hydrogens is 224 g/mol. The van der Waals surface area contributed by atoms with Gasteiger partial charge >= 0.3 is 0 Å². The van der Waals surface area contributed by atoms with E-state index < -0.39 is 0 Å². The molecule has 1 fully saturated rings. The molecule has 0 aromatic carbocycles. The van der Waals surface area contributed by atoms with E-state index in [2.05, 4.69) is 59.8 Å². The zero-order valence-corrected chi connectivity index (χ0v) is 12.0. The number of hydrogen-bond donors (Lipinski definition) is 0. The Kier molecular flexibility index (Phi) is 3.85. The first-order valence-corrected chi connectivity index (χ1v) is 6.82. The molecule has 18 heavy (non-hydrogen) atoms. The predicted molar refractivity (Wildman–Crippen MR) is 75.1 cm³/mol. The van der Waals surface area contributed by atoms with Gasteiger partial charge in [-0.05, 0) is 18.7 Å². The average Bonchev–Trinajstić information content (AvgIpc) is 2.38. The highest BCUT2D eigenvalue weighted by Gasteiger charge is 2.19. The average molecular weight is 248 g/mol. The molecule has 4 nitrogen and oxygen atoms in total. The SMILES string of the molecule is CCN1CCN(c2ccc(C(C)(C)C)nn2)CC1. The van der Waals surface area contributed by atoms with Crippen molar-refractivity contribution in [3.63, 3.8) is 0 Å². The van der Waals surface area contributed by atoms with E-state index in [4.69, 9.17) is 0 Å². The van der Waals surface area contributed by atoms with Gasteiger partial charge in [-0.1, -0.05) is 27.7 Å². The third-order valence-electron chi connectivity index (χ3n) is 3.56. The first-order chi connectivity index (χ1) is 8.50. The maximum atomic E-state index is 4.38. The summed E-state index contributed by atoms with van der Waals surface area (Å²) in [4.78, 5) is 4.79. The lowest BCUT2D eigenvalue weighted by atomic mass is 9.92. The number of hydrogen-bond acceptors (Lipinski definition) is 4. The fourth-order valence-corrected chi connectivity index (χ4v) is 2.19. The van der Waals surface area contributed by atoms with Gasteiger partial charge in [0.2, 0.25) is 0 Å². The fourth-order valence-electron chi connectivity index (χ4n) is 2.19. The Balaban J connectivity index is 2.02. The molecule has 1 aromatic rings. The van der Waals surface area contributed by atoms with Gasteiger partial charge in [-0.3, -0.25) is 0 Å². The van der Waals surface area contributed by atoms with Crippen LogP contribution in [0.25, 0.3) is 0 Å². The Morgan fingerprint density at radius 2 is 1.72 bits per heavy atom. The summed E-state index contributed by atoms with van der Waals surface area (Å²) in [6.45, 7) is 14.2. The molecule has 0 spiro atoms. The minimum atomic E-state index is 0.0758. The summed E-state index contributed by atoms with van der Waals surface area (Å²) in [5, 5.41) is 8.74. The molecule has 2 rings (SSSR count). The van der Waals surface area contributed by atoms with Crippen LogP contribution >= 0.6 is 0 Å². The summed E-state index contributed by atoms with van der Waals surface area (Å²) in [5.41, 5.74) is 1.13. The predicted octanol–water partition coefficient (Wildman–Crippen LogP) is 1.92. The molecule has 1 saturated heterocycles. The molecule has 0 amide bonds. The zero-order chi connectivity index (χ0) is 13.2. The van der Waals surface area contributed by atoms with Crippen LogP contribution < -0.4 is 4.90 Å². The molecule has 4 heteroatoms. The quantitative estimate of drug-likeness (QED) is 0.800. The first-order valence-electron chi connectivity index (χ1n) is 6.82. The van der Waals surface area contributed by atoms with E-state index in [1.165, 1.54) is 0 Å². The van der Waals surface area contributed by atoms with Crippen LogP contribution in [0.4, 0.5) is 5.82 Å². The molecule has 0 bridgehead atoms. The van der Waals surface area contributed by atoms with Gasteiger partial charge in [0.1, 0.15) is 0 Å². The van der Waals surface area contributed by atoms with Crippen molar-refractivity contribution < 1.29 is 0 Å². The van der Waals surface area contributed by atoms with Crippen molar-refractivity contribution in [2.45, 2.75) is 33.1 Å². The lowest BCUT2D eigenvalue weighted by molar-refractivity contribution is 0.270. The fraction of sp³-hybridized carbons (Fsp3) is 0.714. The molecule has 0 aliphatic carbocycles. The van der Waals surface area contributed by atoms with Crippen LogP contribution in [0.2, 0.25) is 0 Å². The maximum absolute atomic E-state index is 4.38. The molecule has 2 heterocycles. The highest BCUT2D eigenvalue weighted by molar-refractivity contribution is 5.38. The highest BCUT2D eigenvalue weighted by atomic mass is 15.3. The minimum absolute atomic E-state index is 0.0758. The summed E-state index contributed by atoms with van der Waals surface area (Å²) < 4.78 is 0. The maximum Gasteiger partial charge on any atom is 0.151 e. The highest BCUT2D eigenvalue weighted by Crippen LogP contribution is 2.21. The Hall–Kier alpha value is -1.16. The van der Waals surface area contributed by atoms with Crippen LogP contribution in [-0.4, -0.2) is 47.8 Å². The Morgan fingerprint density at radius 3 is 2.17 bits per heavy atom. The van der Waals surface area contributed by atoms with Gasteiger partial charge in [0.15, 0.2) is 5.82 Å². The molecule has 1 aliphatic heterocycles. The number of anilines is 1. The van der Waals surface area contributed by atoms with E-state index >= 15 is 0 Å². The van der Waals surface area contributed by atoms with Crippen LogP contribution in [0.15, 0.2) is 12.1 Å². The number of likely N-dealkylation sites (N-methyl/N-ethyl adjacent to an activating group) is 1. The normalized spacial score (nSPS) is 18.1. The van der Waals surface area contributed by atoms with E-state index in [1.54, 1.807) is 0 Å². The van der Waals surface area contributed by atoms with Crippen molar-refractivity contribution in [2.75, 3.05) is 37.6 Å². The second kappa shape index (κ2) is 5.22. The van der Waals surface area contributed by atoms with Crippen molar-refractivity contribution in [3.05, 3.63) is 17.8 Å². The van der Waals surface area contributed by atoms with Gasteiger partial charge in [-0.2, -0.15) is 5.10 Å². The van der Waals surface area contributed by atoms with Gasteiger partial charge in [-0.15, -0.1) is 5.10 Å². The van der Waals surface area contributed by atoms with Crippen LogP contribution in [0, 0.1) is 0 Å². The number of aromatic nitrogens is 2. The van der Waals surface area contributed by atoms with Crippen molar-refractivity contribution in [1.29, 1.82) is 0 Å². The van der Waals surface area contributed by atoms with Gasteiger partial charge in [0.05, 0.1) is 5.69 Å². The minimum Gasteiger partial charge on any atom is -0.353 e. The summed E-state index contributed by atoms with van der Waals surface area (Å²) in [5.74, 6) is 1.01. The van der Waals surface area contributed by atoms with Crippen LogP contribution in [0.3, 0.4) is 0 Å². The van der Waals surface area contributed by atoms with E-state index in [1.807, 2.05) is 0 Å². The smallest absolute Gasteiger partial charge is 0.151 e. The van der Waals surface area contributed by atoms with Gasteiger partial charge in [0, 0.05) is 31.6 Å². The van der Waals surface area contributed by atoms with Gasteiger partial charge in [0.25, 0.3) is 0 Å². The van der Waals surface area contributed by atoms with Gasteiger partial charge < -0.3 is 9.80 Å².